The molecule has 1 heterocycles. The molecule has 5 aromatic rings. The van der Waals surface area contributed by atoms with E-state index in [0.717, 1.165) is 16.7 Å². The van der Waals surface area contributed by atoms with E-state index in [9.17, 15) is 20.2 Å². The lowest BCUT2D eigenvalue weighted by atomic mass is 10.0. The zero-order valence-electron chi connectivity index (χ0n) is 17.2. The lowest BCUT2D eigenvalue weighted by Crippen LogP contribution is -1.98. The Morgan fingerprint density at radius 3 is 1.85 bits per heavy atom. The van der Waals surface area contributed by atoms with Gasteiger partial charge in [0.2, 0.25) is 0 Å². The average Bonchev–Trinajstić information content (AvgIpc) is 3.23. The van der Waals surface area contributed by atoms with Gasteiger partial charge in [-0.1, -0.05) is 54.6 Å². The van der Waals surface area contributed by atoms with Gasteiger partial charge in [-0.05, 0) is 29.3 Å². The van der Waals surface area contributed by atoms with Gasteiger partial charge in [-0.25, -0.2) is 4.98 Å². The summed E-state index contributed by atoms with van der Waals surface area (Å²) in [5.74, 6) is 0.582. The van der Waals surface area contributed by atoms with Crippen LogP contribution in [0.15, 0.2) is 97.1 Å². The molecule has 0 fully saturated rings. The molecule has 1 aromatic heterocycles. The molecular weight excluding hydrogens is 420 g/mol. The van der Waals surface area contributed by atoms with Crippen molar-refractivity contribution in [1.29, 1.82) is 0 Å². The summed E-state index contributed by atoms with van der Waals surface area (Å²) >= 11 is 0. The Kier molecular flexibility index (Phi) is 4.87. The second-order valence-electron chi connectivity index (χ2n) is 7.42. The number of hydrogen-bond acceptors (Lipinski definition) is 5. The number of benzene rings is 4. The number of non-ortho nitro benzene ring substituents is 2. The van der Waals surface area contributed by atoms with Crippen molar-refractivity contribution < 1.29 is 9.85 Å². The van der Waals surface area contributed by atoms with Crippen molar-refractivity contribution in [3.05, 3.63) is 117 Å². The maximum Gasteiger partial charge on any atom is 0.271 e. The summed E-state index contributed by atoms with van der Waals surface area (Å²) < 4.78 is 1.85. The van der Waals surface area contributed by atoms with Crippen molar-refractivity contribution >= 4 is 22.4 Å². The second kappa shape index (κ2) is 8.01. The predicted molar refractivity (Wildman–Crippen MR) is 125 cm³/mol. The van der Waals surface area contributed by atoms with Gasteiger partial charge in [-0.15, -0.1) is 0 Å². The molecular formula is C25H16N4O4. The first kappa shape index (κ1) is 20.1. The molecule has 0 bridgehead atoms. The molecule has 0 radical (unpaired) electrons. The Morgan fingerprint density at radius 1 is 0.636 bits per heavy atom. The van der Waals surface area contributed by atoms with Gasteiger partial charge in [0, 0.05) is 35.5 Å². The molecule has 0 saturated heterocycles. The summed E-state index contributed by atoms with van der Waals surface area (Å²) in [5.41, 5.74) is 4.66. The lowest BCUT2D eigenvalue weighted by molar-refractivity contribution is -0.385. The summed E-state index contributed by atoms with van der Waals surface area (Å²) in [4.78, 5) is 26.1. The number of imidazole rings is 1. The summed E-state index contributed by atoms with van der Waals surface area (Å²) in [6, 6.07) is 28.5. The number of fused-ring (bicyclic) bond motifs is 1. The van der Waals surface area contributed by atoms with Crippen LogP contribution in [0, 0.1) is 20.2 Å². The van der Waals surface area contributed by atoms with Crippen LogP contribution in [0.2, 0.25) is 0 Å². The van der Waals surface area contributed by atoms with Gasteiger partial charge in [-0.3, -0.25) is 24.8 Å². The maximum absolute atomic E-state index is 11.3. The van der Waals surface area contributed by atoms with E-state index in [2.05, 4.69) is 4.98 Å². The number of nitro groups is 2. The Balaban J connectivity index is 1.68. The van der Waals surface area contributed by atoms with Crippen molar-refractivity contribution in [1.82, 2.24) is 9.55 Å². The van der Waals surface area contributed by atoms with Gasteiger partial charge >= 0.3 is 0 Å². The Bertz CT molecular complexity index is 1490. The lowest BCUT2D eigenvalue weighted by Gasteiger charge is -2.10. The van der Waals surface area contributed by atoms with Crippen molar-refractivity contribution in [2.24, 2.45) is 0 Å². The minimum absolute atomic E-state index is 0.0208. The van der Waals surface area contributed by atoms with Crippen LogP contribution in [0.1, 0.15) is 0 Å². The van der Waals surface area contributed by atoms with Crippen LogP contribution in [0.5, 0.6) is 0 Å². The highest BCUT2D eigenvalue weighted by Gasteiger charge is 2.18. The van der Waals surface area contributed by atoms with Crippen LogP contribution in [-0.2, 0) is 0 Å². The van der Waals surface area contributed by atoms with Gasteiger partial charge in [-0.2, -0.15) is 0 Å². The fourth-order valence-electron chi connectivity index (χ4n) is 3.80. The maximum atomic E-state index is 11.3. The number of hydrogen-bond donors (Lipinski definition) is 0. The minimum atomic E-state index is -0.460. The molecule has 8 nitrogen and oxygen atoms in total. The molecule has 0 aliphatic rings. The molecule has 0 saturated carbocycles. The standard InChI is InChI=1S/C25H16N4O4/c30-28(31)21-12-10-20(11-13-21)27-24-15-14-22(29(32)33)16-23(24)26-25(27)19-8-6-18(7-9-19)17-4-2-1-3-5-17/h1-16H. The molecule has 0 spiro atoms. The molecule has 0 amide bonds. The van der Waals surface area contributed by atoms with Crippen LogP contribution >= 0.6 is 0 Å². The fourth-order valence-corrected chi connectivity index (χ4v) is 3.80. The summed E-state index contributed by atoms with van der Waals surface area (Å²) in [6.07, 6.45) is 0. The zero-order chi connectivity index (χ0) is 22.9. The van der Waals surface area contributed by atoms with Crippen LogP contribution in [0.3, 0.4) is 0 Å². The van der Waals surface area contributed by atoms with Crippen LogP contribution in [0.4, 0.5) is 11.4 Å². The molecule has 160 valence electrons. The van der Waals surface area contributed by atoms with Gasteiger partial charge < -0.3 is 0 Å². The van der Waals surface area contributed by atoms with Gasteiger partial charge in [0.15, 0.2) is 0 Å². The number of nitro benzene ring substituents is 2. The first-order valence-corrected chi connectivity index (χ1v) is 10.1. The first-order chi connectivity index (χ1) is 16.0. The fraction of sp³-hybridized carbons (Fsp3) is 0. The van der Waals surface area contributed by atoms with E-state index in [1.54, 1.807) is 18.2 Å². The van der Waals surface area contributed by atoms with E-state index in [1.807, 2.05) is 59.2 Å². The average molecular weight is 436 g/mol. The van der Waals surface area contributed by atoms with E-state index >= 15 is 0 Å². The molecule has 0 aliphatic heterocycles. The SMILES string of the molecule is O=[N+]([O-])c1ccc(-n2c(-c3ccc(-c4ccccc4)cc3)nc3cc([N+](=O)[O-])ccc32)cc1. The molecule has 0 atom stereocenters. The summed E-state index contributed by atoms with van der Waals surface area (Å²) in [6.45, 7) is 0. The topological polar surface area (TPSA) is 104 Å². The monoisotopic (exact) mass is 436 g/mol. The van der Waals surface area contributed by atoms with Crippen LogP contribution in [-0.4, -0.2) is 19.4 Å². The quantitative estimate of drug-likeness (QED) is 0.242. The number of nitrogens with zero attached hydrogens (tertiary/aromatic N) is 4. The van der Waals surface area contributed by atoms with Crippen LogP contribution < -0.4 is 0 Å². The van der Waals surface area contributed by atoms with E-state index in [-0.39, 0.29) is 11.4 Å². The van der Waals surface area contributed by atoms with Crippen LogP contribution in [0.25, 0.3) is 39.2 Å². The third-order valence-corrected chi connectivity index (χ3v) is 5.42. The van der Waals surface area contributed by atoms with E-state index in [0.29, 0.717) is 22.5 Å². The third-order valence-electron chi connectivity index (χ3n) is 5.42. The van der Waals surface area contributed by atoms with Crippen molar-refractivity contribution in [2.75, 3.05) is 0 Å². The molecule has 0 N–H and O–H groups in total. The van der Waals surface area contributed by atoms with E-state index in [4.69, 9.17) is 0 Å². The highest BCUT2D eigenvalue weighted by Crippen LogP contribution is 2.32. The van der Waals surface area contributed by atoms with Gasteiger partial charge in [0.05, 0.1) is 20.9 Å². The van der Waals surface area contributed by atoms with Crippen molar-refractivity contribution in [2.45, 2.75) is 0 Å². The number of aromatic nitrogens is 2. The smallest absolute Gasteiger partial charge is 0.271 e. The largest absolute Gasteiger partial charge is 0.292 e. The Labute approximate surface area is 187 Å². The number of rotatable bonds is 5. The van der Waals surface area contributed by atoms with Gasteiger partial charge in [0.25, 0.3) is 11.4 Å². The highest BCUT2D eigenvalue weighted by atomic mass is 16.6. The Hall–Kier alpha value is -4.85. The minimum Gasteiger partial charge on any atom is -0.292 e. The molecule has 8 heteroatoms. The highest BCUT2D eigenvalue weighted by molar-refractivity contribution is 5.85. The van der Waals surface area contributed by atoms with Crippen molar-refractivity contribution in [3.8, 4) is 28.2 Å². The molecule has 4 aromatic carbocycles. The predicted octanol–water partition coefficient (Wildman–Crippen LogP) is 6.18. The summed E-state index contributed by atoms with van der Waals surface area (Å²) in [5, 5.41) is 22.3. The Morgan fingerprint density at radius 2 is 1.21 bits per heavy atom. The second-order valence-corrected chi connectivity index (χ2v) is 7.42. The van der Waals surface area contributed by atoms with Gasteiger partial charge in [0.1, 0.15) is 5.82 Å². The normalized spacial score (nSPS) is 10.9. The first-order valence-electron chi connectivity index (χ1n) is 10.1. The molecule has 0 aliphatic carbocycles. The third kappa shape index (κ3) is 3.70. The molecule has 33 heavy (non-hydrogen) atoms. The van der Waals surface area contributed by atoms with Crippen molar-refractivity contribution in [3.63, 3.8) is 0 Å². The molecule has 0 unspecified atom stereocenters. The molecule has 5 rings (SSSR count). The summed E-state index contributed by atoms with van der Waals surface area (Å²) in [7, 11) is 0. The van der Waals surface area contributed by atoms with E-state index in [1.165, 1.54) is 24.3 Å². The van der Waals surface area contributed by atoms with E-state index < -0.39 is 9.85 Å². The zero-order valence-corrected chi connectivity index (χ0v) is 17.2.